The average molecular weight is 644 g/mol. The van der Waals surface area contributed by atoms with Gasteiger partial charge in [-0.05, 0) is 41.0 Å². The fourth-order valence-electron chi connectivity index (χ4n) is 6.85. The van der Waals surface area contributed by atoms with Crippen LogP contribution in [0.3, 0.4) is 0 Å². The number of phenolic OH excluding ortho intramolecular Hbond substituents is 1. The van der Waals surface area contributed by atoms with Crippen LogP contribution in [0.15, 0.2) is 30.5 Å². The number of aromatic nitrogens is 3. The molecule has 4 aliphatic rings. The second-order valence-corrected chi connectivity index (χ2v) is 11.5. The van der Waals surface area contributed by atoms with Gasteiger partial charge in [-0.3, -0.25) is 4.79 Å². The van der Waals surface area contributed by atoms with Crippen LogP contribution in [0.2, 0.25) is 0 Å². The first-order valence-corrected chi connectivity index (χ1v) is 14.6. The maximum atomic E-state index is 13.5. The summed E-state index contributed by atoms with van der Waals surface area (Å²) in [7, 11) is 2.86. The van der Waals surface area contributed by atoms with Gasteiger partial charge in [0.25, 0.3) is 0 Å². The van der Waals surface area contributed by atoms with E-state index in [2.05, 4.69) is 10.3 Å². The van der Waals surface area contributed by atoms with Gasteiger partial charge in [0.05, 0.1) is 52.2 Å². The second-order valence-electron chi connectivity index (χ2n) is 11.5. The number of nitrogens with zero attached hydrogens (tertiary/aromatic N) is 3. The Labute approximate surface area is 261 Å². The molecule has 0 saturated carbocycles. The quantitative estimate of drug-likeness (QED) is 0.197. The third kappa shape index (κ3) is 4.88. The second kappa shape index (κ2) is 11.9. The average Bonchev–Trinajstić information content (AvgIpc) is 3.82. The fourth-order valence-corrected chi connectivity index (χ4v) is 6.85. The van der Waals surface area contributed by atoms with Crippen LogP contribution in [-0.2, 0) is 25.6 Å². The largest absolute Gasteiger partial charge is 0.502 e. The third-order valence-electron chi connectivity index (χ3n) is 9.10. The lowest BCUT2D eigenvalue weighted by molar-refractivity contribution is -0.304. The Morgan fingerprint density at radius 2 is 1.65 bits per heavy atom. The molecule has 0 amide bonds. The van der Waals surface area contributed by atoms with Gasteiger partial charge in [-0.1, -0.05) is 5.21 Å². The fraction of sp³-hybridized carbons (Fsp3) is 0.500. The lowest BCUT2D eigenvalue weighted by Crippen LogP contribution is -2.59. The highest BCUT2D eigenvalue weighted by atomic mass is 16.7. The number of hydrogen-bond acceptors (Lipinski definition) is 15. The van der Waals surface area contributed by atoms with Crippen molar-refractivity contribution in [2.24, 2.45) is 11.8 Å². The molecule has 2 aromatic carbocycles. The number of rotatable bonds is 8. The summed E-state index contributed by atoms with van der Waals surface area (Å²) in [6, 6.07) is 6.50. The molecule has 246 valence electrons. The molecule has 9 atom stereocenters. The highest BCUT2D eigenvalue weighted by Gasteiger charge is 2.54. The summed E-state index contributed by atoms with van der Waals surface area (Å²) in [6.45, 7) is -0.648. The molecule has 1 unspecified atom stereocenters. The first-order chi connectivity index (χ1) is 22.2. The standard InChI is InChI=1S/C30H33N3O13/c1-40-19-3-12(4-20(41-2)25(19)35)22-14-5-17-18(45-11-44-17)6-15(14)24(16-10-42-29(39)23(16)22)33-7-13(31-32-33)9-43-30-28(38)27(37)26(36)21(8-34)46-30/h3-7,16,21-24,26-28,30,34-38H,8-11H2,1-2H3/t16-,21+,22+,23-,24+,26+,27-,28+,30?/m0/s1. The smallest absolute Gasteiger partial charge is 0.310 e. The summed E-state index contributed by atoms with van der Waals surface area (Å²) in [5, 5.41) is 59.1. The van der Waals surface area contributed by atoms with Crippen molar-refractivity contribution < 1.29 is 63.5 Å². The van der Waals surface area contributed by atoms with E-state index in [9.17, 15) is 30.3 Å². The lowest BCUT2D eigenvalue weighted by atomic mass is 9.65. The van der Waals surface area contributed by atoms with Gasteiger partial charge in [-0.2, -0.15) is 0 Å². The zero-order chi connectivity index (χ0) is 32.3. The van der Waals surface area contributed by atoms with Gasteiger partial charge in [0.1, 0.15) is 30.1 Å². The number of benzene rings is 2. The molecule has 1 aromatic heterocycles. The zero-order valence-corrected chi connectivity index (χ0v) is 24.8. The Morgan fingerprint density at radius 3 is 2.33 bits per heavy atom. The van der Waals surface area contributed by atoms with Crippen LogP contribution in [0, 0.1) is 11.8 Å². The number of ether oxygens (including phenoxy) is 7. The van der Waals surface area contributed by atoms with Crippen LogP contribution in [0.1, 0.15) is 34.3 Å². The minimum Gasteiger partial charge on any atom is -0.502 e. The molecular weight excluding hydrogens is 610 g/mol. The van der Waals surface area contributed by atoms with Gasteiger partial charge in [0.2, 0.25) is 12.5 Å². The molecule has 2 saturated heterocycles. The van der Waals surface area contributed by atoms with Crippen molar-refractivity contribution in [3.63, 3.8) is 0 Å². The minimum absolute atomic E-state index is 0.0338. The van der Waals surface area contributed by atoms with Crippen molar-refractivity contribution in [1.82, 2.24) is 15.0 Å². The number of fused-ring (bicyclic) bond motifs is 3. The molecule has 0 bridgehead atoms. The van der Waals surface area contributed by atoms with Crippen molar-refractivity contribution in [3.05, 3.63) is 52.8 Å². The van der Waals surface area contributed by atoms with Gasteiger partial charge < -0.3 is 58.7 Å². The Morgan fingerprint density at radius 1 is 0.957 bits per heavy atom. The van der Waals surface area contributed by atoms with E-state index in [1.54, 1.807) is 23.0 Å². The van der Waals surface area contributed by atoms with Crippen molar-refractivity contribution in [2.45, 2.75) is 49.3 Å². The van der Waals surface area contributed by atoms with Crippen molar-refractivity contribution in [3.8, 4) is 28.7 Å². The number of carbonyl (C=O) groups is 1. The summed E-state index contributed by atoms with van der Waals surface area (Å²) < 4.78 is 40.6. The molecular formula is C30H33N3O13. The van der Waals surface area contributed by atoms with E-state index in [0.29, 0.717) is 22.8 Å². The number of carbonyl (C=O) groups excluding carboxylic acids is 1. The van der Waals surface area contributed by atoms with E-state index in [4.69, 9.17) is 33.2 Å². The Hall–Kier alpha value is -4.19. The van der Waals surface area contributed by atoms with E-state index < -0.39 is 67.1 Å². The number of methoxy groups -OCH3 is 2. The molecule has 3 aliphatic heterocycles. The van der Waals surface area contributed by atoms with E-state index in [0.717, 1.165) is 11.1 Å². The van der Waals surface area contributed by atoms with Gasteiger partial charge in [0, 0.05) is 11.8 Å². The highest BCUT2D eigenvalue weighted by molar-refractivity contribution is 5.79. The van der Waals surface area contributed by atoms with Crippen molar-refractivity contribution in [2.75, 3.05) is 34.2 Å². The first kappa shape index (κ1) is 30.5. The molecule has 16 heteroatoms. The monoisotopic (exact) mass is 643 g/mol. The molecule has 5 N–H and O–H groups in total. The van der Waals surface area contributed by atoms with Crippen molar-refractivity contribution >= 4 is 5.97 Å². The summed E-state index contributed by atoms with van der Waals surface area (Å²) in [5.74, 6) is -0.784. The van der Waals surface area contributed by atoms with Gasteiger partial charge in [-0.15, -0.1) is 5.10 Å². The summed E-state index contributed by atoms with van der Waals surface area (Å²) >= 11 is 0. The van der Waals surface area contributed by atoms with Crippen LogP contribution in [-0.4, -0.2) is 111 Å². The predicted octanol–water partition coefficient (Wildman–Crippen LogP) is -0.430. The molecule has 2 fully saturated rings. The molecule has 0 radical (unpaired) electrons. The molecule has 7 rings (SSSR count). The maximum absolute atomic E-state index is 13.5. The number of aliphatic hydroxyl groups is 4. The predicted molar refractivity (Wildman–Crippen MR) is 150 cm³/mol. The highest BCUT2D eigenvalue weighted by Crippen LogP contribution is 2.56. The molecule has 0 spiro atoms. The lowest BCUT2D eigenvalue weighted by Gasteiger charge is -2.39. The van der Waals surface area contributed by atoms with E-state index in [1.165, 1.54) is 14.2 Å². The molecule has 46 heavy (non-hydrogen) atoms. The minimum atomic E-state index is -1.59. The van der Waals surface area contributed by atoms with Crippen LogP contribution in [0.5, 0.6) is 28.7 Å². The number of esters is 1. The number of aromatic hydroxyl groups is 1. The van der Waals surface area contributed by atoms with Gasteiger partial charge in [-0.25, -0.2) is 4.68 Å². The van der Waals surface area contributed by atoms with Crippen LogP contribution in [0.25, 0.3) is 0 Å². The Bertz CT molecular complexity index is 1600. The third-order valence-corrected chi connectivity index (χ3v) is 9.10. The number of phenols is 1. The van der Waals surface area contributed by atoms with Crippen LogP contribution >= 0.6 is 0 Å². The summed E-state index contributed by atoms with van der Waals surface area (Å²) in [6.07, 6.45) is -5.50. The van der Waals surface area contributed by atoms with E-state index >= 15 is 0 Å². The molecule has 16 nitrogen and oxygen atoms in total. The first-order valence-electron chi connectivity index (χ1n) is 14.6. The SMILES string of the molecule is COc1cc([C@@H]2c3cc4c(cc3[C@@H](n3cc(COC5O[C@H](CO)[C@@H](O)[C@H](O)[C@H]5O)nn3)[C@H]3COC(=O)[C@H]23)OCO4)cc(OC)c1O. The normalized spacial score (nSPS) is 31.3. The molecule has 3 aromatic rings. The van der Waals surface area contributed by atoms with Gasteiger partial charge in [0.15, 0.2) is 29.3 Å². The van der Waals surface area contributed by atoms with E-state index in [-0.39, 0.29) is 37.3 Å². The number of aliphatic hydroxyl groups excluding tert-OH is 4. The van der Waals surface area contributed by atoms with E-state index in [1.807, 2.05) is 12.1 Å². The Balaban J connectivity index is 1.25. The Kier molecular flexibility index (Phi) is 7.86. The molecule has 1 aliphatic carbocycles. The van der Waals surface area contributed by atoms with Gasteiger partial charge >= 0.3 is 5.97 Å². The summed E-state index contributed by atoms with van der Waals surface area (Å²) in [4.78, 5) is 13.5. The van der Waals surface area contributed by atoms with Crippen LogP contribution < -0.4 is 18.9 Å². The zero-order valence-electron chi connectivity index (χ0n) is 24.8. The molecule has 4 heterocycles. The van der Waals surface area contributed by atoms with Crippen molar-refractivity contribution in [1.29, 1.82) is 0 Å². The summed E-state index contributed by atoms with van der Waals surface area (Å²) in [5.41, 5.74) is 2.53. The van der Waals surface area contributed by atoms with Crippen LogP contribution in [0.4, 0.5) is 0 Å². The number of cyclic esters (lactones) is 1. The topological polar surface area (TPSA) is 214 Å². The maximum Gasteiger partial charge on any atom is 0.310 e. The number of hydrogen-bond donors (Lipinski definition) is 5.